The highest BCUT2D eigenvalue weighted by Crippen LogP contribution is 2.46. The summed E-state index contributed by atoms with van der Waals surface area (Å²) in [5.41, 5.74) is 3.73. The molecule has 1 fully saturated rings. The Hall–Kier alpha value is -3.83. The van der Waals surface area contributed by atoms with E-state index in [9.17, 15) is 23.1 Å². The molecule has 2 aromatic heterocycles. The van der Waals surface area contributed by atoms with Crippen molar-refractivity contribution in [3.63, 3.8) is 0 Å². The fourth-order valence-electron chi connectivity index (χ4n) is 5.34. The number of nitrogens with one attached hydrogen (secondary N) is 1. The molecule has 1 amide bonds. The van der Waals surface area contributed by atoms with Gasteiger partial charge in [0.05, 0.1) is 17.0 Å². The summed E-state index contributed by atoms with van der Waals surface area (Å²) in [6.45, 7) is 1.90. The highest BCUT2D eigenvalue weighted by Gasteiger charge is 2.43. The van der Waals surface area contributed by atoms with Crippen LogP contribution in [0.4, 0.5) is 17.6 Å². The topological polar surface area (TPSA) is 106 Å². The van der Waals surface area contributed by atoms with Crippen LogP contribution in [0, 0.1) is 17.8 Å². The first-order valence-corrected chi connectivity index (χ1v) is 13.5. The van der Waals surface area contributed by atoms with Crippen molar-refractivity contribution >= 4 is 5.91 Å². The summed E-state index contributed by atoms with van der Waals surface area (Å²) in [5.74, 6) is -2.30. The number of pyridine rings is 1. The van der Waals surface area contributed by atoms with Gasteiger partial charge in [-0.3, -0.25) is 9.78 Å². The van der Waals surface area contributed by atoms with E-state index in [1.807, 2.05) is 0 Å². The van der Waals surface area contributed by atoms with Gasteiger partial charge in [-0.25, -0.2) is 9.07 Å². The van der Waals surface area contributed by atoms with Crippen LogP contribution >= 0.6 is 0 Å². The van der Waals surface area contributed by atoms with Gasteiger partial charge in [-0.2, -0.15) is 18.3 Å². The molecule has 3 unspecified atom stereocenters. The summed E-state index contributed by atoms with van der Waals surface area (Å²) in [5, 5.41) is 18.1. The zero-order valence-electron chi connectivity index (χ0n) is 22.4. The highest BCUT2D eigenvalue weighted by molar-refractivity contribution is 5.95. The molecule has 0 radical (unpaired) electrons. The van der Waals surface area contributed by atoms with Gasteiger partial charge in [0, 0.05) is 36.5 Å². The van der Waals surface area contributed by atoms with E-state index in [1.54, 1.807) is 43.6 Å². The van der Waals surface area contributed by atoms with Crippen molar-refractivity contribution in [1.29, 1.82) is 0 Å². The van der Waals surface area contributed by atoms with Crippen molar-refractivity contribution in [2.24, 2.45) is 23.5 Å². The highest BCUT2D eigenvalue weighted by atomic mass is 19.4. The van der Waals surface area contributed by atoms with E-state index in [2.05, 4.69) is 15.4 Å². The summed E-state index contributed by atoms with van der Waals surface area (Å²) in [6, 6.07) is 10.4. The van der Waals surface area contributed by atoms with Crippen LogP contribution < -0.4 is 11.1 Å². The van der Waals surface area contributed by atoms with E-state index in [1.165, 1.54) is 24.3 Å². The van der Waals surface area contributed by atoms with E-state index in [0.29, 0.717) is 29.5 Å². The Kier molecular flexibility index (Phi) is 7.85. The first-order chi connectivity index (χ1) is 19.5. The average molecular weight is 570 g/mol. The number of alkyl halides is 3. The SMILES string of the molecule is CC1C=C(F)C(NC(=O)c2cc(C(F)(F)F)nn2-c2cccc(CN)c2)=CC1C(O)(CCC1CC1)c1cccnc1. The molecule has 1 saturated carbocycles. The van der Waals surface area contributed by atoms with Gasteiger partial charge in [-0.1, -0.05) is 44.0 Å². The van der Waals surface area contributed by atoms with Gasteiger partial charge in [-0.05, 0) is 54.5 Å². The third kappa shape index (κ3) is 6.11. The average Bonchev–Trinajstić information content (AvgIpc) is 3.67. The Morgan fingerprint density at radius 2 is 1.95 bits per heavy atom. The quantitative estimate of drug-likeness (QED) is 0.293. The first-order valence-electron chi connectivity index (χ1n) is 13.5. The number of carbonyl (C=O) groups is 1. The van der Waals surface area contributed by atoms with E-state index >= 15 is 4.39 Å². The summed E-state index contributed by atoms with van der Waals surface area (Å²) >= 11 is 0. The van der Waals surface area contributed by atoms with Gasteiger partial charge in [0.1, 0.15) is 11.5 Å². The molecular formula is C30H31F4N5O2. The van der Waals surface area contributed by atoms with Crippen LogP contribution in [0.3, 0.4) is 0 Å². The lowest BCUT2D eigenvalue weighted by Gasteiger charge is -2.39. The fraction of sp³-hybridized carbons (Fsp3) is 0.367. The number of carbonyl (C=O) groups excluding carboxylic acids is 1. The number of aliphatic hydroxyl groups is 1. The number of benzene rings is 1. The van der Waals surface area contributed by atoms with Crippen LogP contribution in [-0.4, -0.2) is 25.8 Å². The molecule has 0 spiro atoms. The van der Waals surface area contributed by atoms with Crippen molar-refractivity contribution < 1.29 is 27.5 Å². The molecule has 41 heavy (non-hydrogen) atoms. The van der Waals surface area contributed by atoms with Crippen LogP contribution in [0.15, 0.2) is 78.5 Å². The van der Waals surface area contributed by atoms with Gasteiger partial charge >= 0.3 is 6.18 Å². The molecule has 1 aromatic carbocycles. The van der Waals surface area contributed by atoms with Crippen LogP contribution in [0.1, 0.15) is 59.9 Å². The van der Waals surface area contributed by atoms with Crippen molar-refractivity contribution in [2.75, 3.05) is 0 Å². The second-order valence-corrected chi connectivity index (χ2v) is 10.8. The molecule has 3 aromatic rings. The zero-order chi connectivity index (χ0) is 29.4. The summed E-state index contributed by atoms with van der Waals surface area (Å²) in [6.07, 6.45) is 4.49. The molecule has 3 atom stereocenters. The summed E-state index contributed by atoms with van der Waals surface area (Å²) in [4.78, 5) is 17.6. The third-order valence-electron chi connectivity index (χ3n) is 7.79. The number of nitrogens with two attached hydrogens (primary N) is 1. The summed E-state index contributed by atoms with van der Waals surface area (Å²) < 4.78 is 56.9. The Bertz CT molecular complexity index is 1480. The van der Waals surface area contributed by atoms with E-state index < -0.39 is 46.7 Å². The second kappa shape index (κ2) is 11.2. The van der Waals surface area contributed by atoms with Crippen LogP contribution in [-0.2, 0) is 18.3 Å². The standard InChI is InChI=1S/C30H31F4N5O2/c1-18-12-24(31)25(14-23(18)29(41,10-9-19-7-8-19)21-5-3-11-36-17-21)37-28(40)26-15-27(30(32,33)34)38-39(26)22-6-2-4-20(13-22)16-35/h2-6,11-15,17-19,23,41H,7-10,16,35H2,1H3,(H,37,40). The third-order valence-corrected chi connectivity index (χ3v) is 7.79. The largest absolute Gasteiger partial charge is 0.435 e. The molecule has 0 bridgehead atoms. The second-order valence-electron chi connectivity index (χ2n) is 10.8. The van der Waals surface area contributed by atoms with Crippen LogP contribution in [0.2, 0.25) is 0 Å². The van der Waals surface area contributed by atoms with Gasteiger partial charge in [0.15, 0.2) is 5.69 Å². The maximum absolute atomic E-state index is 15.2. The van der Waals surface area contributed by atoms with Crippen LogP contribution in [0.5, 0.6) is 0 Å². The van der Waals surface area contributed by atoms with Gasteiger partial charge in [-0.15, -0.1) is 0 Å². The molecule has 2 aliphatic carbocycles. The number of halogens is 4. The maximum atomic E-state index is 15.2. The molecule has 216 valence electrons. The molecule has 7 nitrogen and oxygen atoms in total. The molecule has 5 rings (SSSR count). The maximum Gasteiger partial charge on any atom is 0.435 e. The Labute approximate surface area is 234 Å². The minimum Gasteiger partial charge on any atom is -0.384 e. The number of nitrogens with zero attached hydrogens (tertiary/aromatic N) is 3. The molecule has 11 heteroatoms. The molecule has 0 saturated heterocycles. The summed E-state index contributed by atoms with van der Waals surface area (Å²) in [7, 11) is 0. The van der Waals surface area contributed by atoms with Gasteiger partial charge in [0.2, 0.25) is 0 Å². The molecule has 2 heterocycles. The van der Waals surface area contributed by atoms with Crippen molar-refractivity contribution in [1.82, 2.24) is 20.1 Å². The number of allylic oxidation sites excluding steroid dienone is 2. The lowest BCUT2D eigenvalue weighted by Crippen LogP contribution is -2.40. The molecule has 4 N–H and O–H groups in total. The van der Waals surface area contributed by atoms with E-state index in [4.69, 9.17) is 5.73 Å². The van der Waals surface area contributed by atoms with E-state index in [-0.39, 0.29) is 17.9 Å². The number of amides is 1. The van der Waals surface area contributed by atoms with Crippen LogP contribution in [0.25, 0.3) is 5.69 Å². The fourth-order valence-corrected chi connectivity index (χ4v) is 5.34. The normalized spacial score (nSPS) is 20.7. The Balaban J connectivity index is 1.50. The van der Waals surface area contributed by atoms with Crippen molar-refractivity contribution in [3.05, 3.63) is 101 Å². The predicted octanol–water partition coefficient (Wildman–Crippen LogP) is 5.56. The number of aromatic nitrogens is 3. The molecule has 2 aliphatic rings. The number of hydrogen-bond acceptors (Lipinski definition) is 5. The minimum absolute atomic E-state index is 0.131. The Morgan fingerprint density at radius 3 is 2.61 bits per heavy atom. The Morgan fingerprint density at radius 1 is 1.17 bits per heavy atom. The van der Waals surface area contributed by atoms with Gasteiger partial charge < -0.3 is 16.2 Å². The molecule has 0 aliphatic heterocycles. The smallest absolute Gasteiger partial charge is 0.384 e. The zero-order valence-corrected chi connectivity index (χ0v) is 22.4. The number of hydrogen-bond donors (Lipinski definition) is 3. The lowest BCUT2D eigenvalue weighted by atomic mass is 9.70. The number of rotatable bonds is 9. The van der Waals surface area contributed by atoms with E-state index in [0.717, 1.165) is 23.9 Å². The van der Waals surface area contributed by atoms with Crippen molar-refractivity contribution in [2.45, 2.75) is 50.9 Å². The predicted molar refractivity (Wildman–Crippen MR) is 144 cm³/mol. The lowest BCUT2D eigenvalue weighted by molar-refractivity contribution is -0.141. The monoisotopic (exact) mass is 569 g/mol. The first kappa shape index (κ1) is 28.7. The minimum atomic E-state index is -4.82. The van der Waals surface area contributed by atoms with Gasteiger partial charge in [0.25, 0.3) is 5.91 Å². The molecular weight excluding hydrogens is 538 g/mol. The van der Waals surface area contributed by atoms with Crippen molar-refractivity contribution in [3.8, 4) is 5.69 Å².